The van der Waals surface area contributed by atoms with Crippen molar-refractivity contribution < 1.29 is 24.0 Å². The predicted octanol–water partition coefficient (Wildman–Crippen LogP) is 4.40. The van der Waals surface area contributed by atoms with E-state index in [-0.39, 0.29) is 35.9 Å². The summed E-state index contributed by atoms with van der Waals surface area (Å²) in [7, 11) is 4.91. The molecule has 0 bridgehead atoms. The normalized spacial score (nSPS) is 10.8. The van der Waals surface area contributed by atoms with Crippen molar-refractivity contribution >= 4 is 75.9 Å². The lowest BCUT2D eigenvalue weighted by Gasteiger charge is -2.03. The molecule has 4 amide bonds. The van der Waals surface area contributed by atoms with E-state index in [0.717, 1.165) is 16.2 Å². The number of nitrogens with one attached hydrogen (secondary N) is 4. The van der Waals surface area contributed by atoms with Crippen LogP contribution in [0.1, 0.15) is 43.4 Å². The van der Waals surface area contributed by atoms with E-state index < -0.39 is 23.5 Å². The molecule has 3 aromatic heterocycles. The molecule has 248 valence electrons. The average molecular weight is 689 g/mol. The SMILES string of the molecule is Cn1cc(NC(=O)c2cc(NC(=O)c3cc(NC(=O)C(=O)C=Cc4ccc(SCCCl)cc4)cn3C)cn2C)cc1C(=O)NCCC#N. The molecular formula is C33H33ClN8O5S. The maximum absolute atomic E-state index is 13.1. The van der Waals surface area contributed by atoms with Gasteiger partial charge in [0.25, 0.3) is 23.6 Å². The van der Waals surface area contributed by atoms with Crippen LogP contribution in [0.4, 0.5) is 17.1 Å². The molecule has 0 radical (unpaired) electrons. The van der Waals surface area contributed by atoms with Gasteiger partial charge in [-0.1, -0.05) is 18.2 Å². The van der Waals surface area contributed by atoms with Gasteiger partial charge in [0.15, 0.2) is 0 Å². The number of hydrogen-bond donors (Lipinski definition) is 4. The van der Waals surface area contributed by atoms with Gasteiger partial charge < -0.3 is 35.0 Å². The molecule has 4 aromatic rings. The highest BCUT2D eigenvalue weighted by molar-refractivity contribution is 7.99. The highest BCUT2D eigenvalue weighted by Crippen LogP contribution is 2.21. The maximum Gasteiger partial charge on any atom is 0.296 e. The van der Waals surface area contributed by atoms with Crippen LogP contribution in [-0.4, -0.2) is 61.3 Å². The second kappa shape index (κ2) is 16.3. The van der Waals surface area contributed by atoms with Crippen molar-refractivity contribution in [2.24, 2.45) is 21.1 Å². The van der Waals surface area contributed by atoms with Gasteiger partial charge in [0.2, 0.25) is 5.78 Å². The number of carbonyl (C=O) groups is 5. The first-order valence-electron chi connectivity index (χ1n) is 14.6. The van der Waals surface area contributed by atoms with Crippen LogP contribution in [0.3, 0.4) is 0 Å². The zero-order valence-corrected chi connectivity index (χ0v) is 27.9. The third-order valence-corrected chi connectivity index (χ3v) is 8.31. The number of amides is 4. The Morgan fingerprint density at radius 1 is 0.792 bits per heavy atom. The van der Waals surface area contributed by atoms with Gasteiger partial charge in [-0.3, -0.25) is 24.0 Å². The first-order valence-corrected chi connectivity index (χ1v) is 16.1. The Bertz CT molecular complexity index is 1920. The lowest BCUT2D eigenvalue weighted by atomic mass is 10.2. The van der Waals surface area contributed by atoms with Gasteiger partial charge in [-0.25, -0.2) is 0 Å². The maximum atomic E-state index is 13.1. The van der Waals surface area contributed by atoms with Crippen molar-refractivity contribution in [1.29, 1.82) is 5.26 Å². The molecule has 0 saturated carbocycles. The number of alkyl halides is 1. The number of nitriles is 1. The van der Waals surface area contributed by atoms with E-state index in [1.807, 2.05) is 30.3 Å². The van der Waals surface area contributed by atoms with E-state index in [2.05, 4.69) is 21.3 Å². The smallest absolute Gasteiger partial charge is 0.296 e. The number of hydrogen-bond acceptors (Lipinski definition) is 7. The van der Waals surface area contributed by atoms with Crippen LogP contribution in [0, 0.1) is 11.3 Å². The molecule has 15 heteroatoms. The number of aromatic nitrogens is 3. The Balaban J connectivity index is 1.34. The summed E-state index contributed by atoms with van der Waals surface area (Å²) in [4.78, 5) is 64.5. The Morgan fingerprint density at radius 2 is 1.29 bits per heavy atom. The number of aryl methyl sites for hydroxylation is 3. The fourth-order valence-electron chi connectivity index (χ4n) is 4.56. The van der Waals surface area contributed by atoms with Gasteiger partial charge in [0, 0.05) is 62.8 Å². The molecule has 1 aromatic carbocycles. The summed E-state index contributed by atoms with van der Waals surface area (Å²) >= 11 is 7.34. The topological polar surface area (TPSA) is 172 Å². The van der Waals surface area contributed by atoms with Crippen molar-refractivity contribution in [2.75, 3.05) is 34.1 Å². The molecular weight excluding hydrogens is 656 g/mol. The molecule has 3 heterocycles. The Hall–Kier alpha value is -5.52. The van der Waals surface area contributed by atoms with Crippen LogP contribution in [0.5, 0.6) is 0 Å². The van der Waals surface area contributed by atoms with Crippen LogP contribution in [-0.2, 0) is 30.7 Å². The van der Waals surface area contributed by atoms with Gasteiger partial charge >= 0.3 is 0 Å². The molecule has 4 N–H and O–H groups in total. The molecule has 0 spiro atoms. The van der Waals surface area contributed by atoms with Gasteiger partial charge in [0.05, 0.1) is 29.6 Å². The van der Waals surface area contributed by atoms with E-state index in [1.54, 1.807) is 55.9 Å². The summed E-state index contributed by atoms with van der Waals surface area (Å²) in [6.45, 7) is 0.210. The summed E-state index contributed by atoms with van der Waals surface area (Å²) in [5.41, 5.74) is 2.48. The highest BCUT2D eigenvalue weighted by atomic mass is 35.5. The van der Waals surface area contributed by atoms with E-state index in [4.69, 9.17) is 16.9 Å². The summed E-state index contributed by atoms with van der Waals surface area (Å²) in [6, 6.07) is 13.9. The number of ketones is 1. The van der Waals surface area contributed by atoms with Crippen LogP contribution in [0.15, 0.2) is 72.0 Å². The van der Waals surface area contributed by atoms with Crippen LogP contribution >= 0.6 is 23.4 Å². The molecule has 48 heavy (non-hydrogen) atoms. The Morgan fingerprint density at radius 3 is 1.79 bits per heavy atom. The first kappa shape index (κ1) is 35.3. The van der Waals surface area contributed by atoms with Crippen LogP contribution in [0.2, 0.25) is 0 Å². The van der Waals surface area contributed by atoms with Crippen molar-refractivity contribution in [3.8, 4) is 6.07 Å². The number of benzene rings is 1. The number of anilines is 3. The van der Waals surface area contributed by atoms with E-state index in [9.17, 15) is 24.0 Å². The first-order chi connectivity index (χ1) is 23.0. The zero-order valence-electron chi connectivity index (χ0n) is 26.4. The number of nitrogens with zero attached hydrogens (tertiary/aromatic N) is 4. The minimum absolute atomic E-state index is 0.180. The minimum Gasteiger partial charge on any atom is -0.350 e. The van der Waals surface area contributed by atoms with Crippen LogP contribution in [0.25, 0.3) is 6.08 Å². The highest BCUT2D eigenvalue weighted by Gasteiger charge is 2.19. The summed E-state index contributed by atoms with van der Waals surface area (Å²) < 4.78 is 4.59. The lowest BCUT2D eigenvalue weighted by molar-refractivity contribution is -0.131. The van der Waals surface area contributed by atoms with Gasteiger partial charge in [-0.2, -0.15) is 5.26 Å². The van der Waals surface area contributed by atoms with E-state index in [0.29, 0.717) is 22.9 Å². The molecule has 0 aliphatic heterocycles. The van der Waals surface area contributed by atoms with Gasteiger partial charge in [0.1, 0.15) is 17.1 Å². The number of carbonyl (C=O) groups excluding carboxylic acids is 5. The third-order valence-electron chi connectivity index (χ3n) is 6.89. The molecule has 0 atom stereocenters. The summed E-state index contributed by atoms with van der Waals surface area (Å²) in [5.74, 6) is -1.64. The molecule has 13 nitrogen and oxygen atoms in total. The van der Waals surface area contributed by atoms with Gasteiger partial charge in [-0.15, -0.1) is 23.4 Å². The minimum atomic E-state index is -0.859. The standard InChI is InChI=1S/C33H33ClN8O5S/c1-40-18-22(15-26(40)30(44)36-13-4-12-35)37-31(45)27-16-23(19-41(27)2)38-32(46)28-17-24(20-42(28)3)39-33(47)29(43)10-7-21-5-8-25(9-6-21)48-14-11-34/h5-10,15-20H,4,11,13-14H2,1-3H3,(H,36,44)(H,37,45)(H,38,46)(H,39,47). The van der Waals surface area contributed by atoms with Crippen molar-refractivity contribution in [3.05, 3.63) is 89.8 Å². The average Bonchev–Trinajstić information content (AvgIpc) is 3.74. The van der Waals surface area contributed by atoms with Crippen LogP contribution < -0.4 is 21.3 Å². The second-order valence-electron chi connectivity index (χ2n) is 10.5. The molecule has 0 unspecified atom stereocenters. The third kappa shape index (κ3) is 9.27. The fraction of sp³-hybridized carbons (Fsp3) is 0.212. The van der Waals surface area contributed by atoms with Crippen molar-refractivity contribution in [3.63, 3.8) is 0 Å². The summed E-state index contributed by atoms with van der Waals surface area (Å²) in [5, 5.41) is 19.3. The molecule has 0 aliphatic rings. The Kier molecular flexibility index (Phi) is 12.0. The quantitative estimate of drug-likeness (QED) is 0.0500. The van der Waals surface area contributed by atoms with E-state index >= 15 is 0 Å². The summed E-state index contributed by atoms with van der Waals surface area (Å²) in [6.07, 6.45) is 7.56. The lowest BCUT2D eigenvalue weighted by Crippen LogP contribution is -2.25. The molecule has 0 aliphatic carbocycles. The van der Waals surface area contributed by atoms with Crippen molar-refractivity contribution in [1.82, 2.24) is 19.0 Å². The largest absolute Gasteiger partial charge is 0.350 e. The molecule has 0 saturated heterocycles. The molecule has 4 rings (SSSR count). The monoisotopic (exact) mass is 688 g/mol. The number of halogens is 1. The Labute approximate surface area is 285 Å². The number of thioether (sulfide) groups is 1. The second-order valence-corrected chi connectivity index (χ2v) is 12.1. The van der Waals surface area contributed by atoms with E-state index in [1.165, 1.54) is 39.6 Å². The molecule has 0 fully saturated rings. The number of rotatable bonds is 14. The predicted molar refractivity (Wildman–Crippen MR) is 185 cm³/mol. The zero-order chi connectivity index (χ0) is 34.8. The van der Waals surface area contributed by atoms with Crippen molar-refractivity contribution in [2.45, 2.75) is 11.3 Å². The fourth-order valence-corrected chi connectivity index (χ4v) is 5.43. The van der Waals surface area contributed by atoms with Gasteiger partial charge in [-0.05, 0) is 42.0 Å².